The molecule has 0 aliphatic carbocycles. The van der Waals surface area contributed by atoms with E-state index in [1.165, 1.54) is 14.1 Å². The van der Waals surface area contributed by atoms with E-state index in [0.29, 0.717) is 0 Å². The topological polar surface area (TPSA) is 96.0 Å². The minimum absolute atomic E-state index is 0.0314. The first-order valence-electron chi connectivity index (χ1n) is 8.80. The third-order valence-corrected chi connectivity index (χ3v) is 6.26. The SMILES string of the molecule is CC(C)N1C(=O)CO[C@H](C(=O)NCCS(=O)(=O)N(C)C)[C@H]1c1ccccc1. The van der Waals surface area contributed by atoms with Crippen molar-refractivity contribution >= 4 is 21.8 Å². The Balaban J connectivity index is 2.19. The highest BCUT2D eigenvalue weighted by Crippen LogP contribution is 2.32. The van der Waals surface area contributed by atoms with Crippen LogP contribution in [0.4, 0.5) is 0 Å². The van der Waals surface area contributed by atoms with Gasteiger partial charge in [0.15, 0.2) is 6.10 Å². The fourth-order valence-corrected chi connectivity index (χ4v) is 3.75. The molecule has 0 unspecified atom stereocenters. The van der Waals surface area contributed by atoms with Gasteiger partial charge in [-0.25, -0.2) is 12.7 Å². The Kier molecular flexibility index (Phi) is 6.96. The van der Waals surface area contributed by atoms with E-state index in [1.807, 2.05) is 44.2 Å². The van der Waals surface area contributed by atoms with Crippen LogP contribution in [0.2, 0.25) is 0 Å². The van der Waals surface area contributed by atoms with Crippen molar-refractivity contribution in [2.75, 3.05) is 33.0 Å². The fraction of sp³-hybridized carbons (Fsp3) is 0.556. The van der Waals surface area contributed by atoms with E-state index in [2.05, 4.69) is 5.32 Å². The molecule has 1 saturated heterocycles. The predicted molar refractivity (Wildman–Crippen MR) is 101 cm³/mol. The van der Waals surface area contributed by atoms with E-state index >= 15 is 0 Å². The van der Waals surface area contributed by atoms with Crippen molar-refractivity contribution in [1.82, 2.24) is 14.5 Å². The predicted octanol–water partition coefficient (Wildman–Crippen LogP) is 0.371. The van der Waals surface area contributed by atoms with Crippen molar-refractivity contribution in [3.05, 3.63) is 35.9 Å². The first-order chi connectivity index (χ1) is 12.6. The largest absolute Gasteiger partial charge is 0.356 e. The van der Waals surface area contributed by atoms with Gasteiger partial charge < -0.3 is 15.0 Å². The standard InChI is InChI=1S/C18H27N3O5S/c1-13(2)21-15(22)12-26-17(16(21)14-8-6-5-7-9-14)18(23)19-10-11-27(24,25)20(3)4/h5-9,13,16-17H,10-12H2,1-4H3,(H,19,23)/t16-,17+/m1/s1. The maximum atomic E-state index is 12.7. The Hall–Kier alpha value is -1.97. The highest BCUT2D eigenvalue weighted by atomic mass is 32.2. The van der Waals surface area contributed by atoms with Gasteiger partial charge in [-0.2, -0.15) is 0 Å². The molecule has 0 bridgehead atoms. The first-order valence-corrected chi connectivity index (χ1v) is 10.4. The van der Waals surface area contributed by atoms with Crippen LogP contribution in [0.5, 0.6) is 0 Å². The number of rotatable bonds is 7. The summed E-state index contributed by atoms with van der Waals surface area (Å²) in [7, 11) is -0.523. The van der Waals surface area contributed by atoms with Crippen molar-refractivity contribution in [2.45, 2.75) is 32.0 Å². The summed E-state index contributed by atoms with van der Waals surface area (Å²) in [4.78, 5) is 26.8. The molecule has 0 saturated carbocycles. The number of benzene rings is 1. The van der Waals surface area contributed by atoms with Gasteiger partial charge in [0.1, 0.15) is 6.61 Å². The first kappa shape index (κ1) is 21.3. The van der Waals surface area contributed by atoms with Crippen LogP contribution in [-0.4, -0.2) is 74.6 Å². The second-order valence-electron chi connectivity index (χ2n) is 6.87. The lowest BCUT2D eigenvalue weighted by atomic mass is 9.96. The van der Waals surface area contributed by atoms with Gasteiger partial charge in [-0.3, -0.25) is 9.59 Å². The van der Waals surface area contributed by atoms with Crippen molar-refractivity contribution in [3.8, 4) is 0 Å². The second kappa shape index (κ2) is 8.81. The number of carbonyl (C=O) groups is 2. The molecule has 1 aromatic rings. The summed E-state index contributed by atoms with van der Waals surface area (Å²) in [6.07, 6.45) is -0.908. The monoisotopic (exact) mass is 397 g/mol. The van der Waals surface area contributed by atoms with Gasteiger partial charge in [0, 0.05) is 26.7 Å². The number of nitrogens with one attached hydrogen (secondary N) is 1. The van der Waals surface area contributed by atoms with Gasteiger partial charge in [-0.05, 0) is 19.4 Å². The molecule has 2 amide bonds. The average Bonchev–Trinajstić information content (AvgIpc) is 2.61. The van der Waals surface area contributed by atoms with Crippen molar-refractivity contribution in [1.29, 1.82) is 0 Å². The van der Waals surface area contributed by atoms with E-state index in [-0.39, 0.29) is 30.9 Å². The molecule has 8 nitrogen and oxygen atoms in total. The molecule has 1 aliphatic rings. The second-order valence-corrected chi connectivity index (χ2v) is 9.17. The van der Waals surface area contributed by atoms with Crippen LogP contribution in [0.1, 0.15) is 25.5 Å². The molecular weight excluding hydrogens is 370 g/mol. The van der Waals surface area contributed by atoms with Crippen molar-refractivity contribution < 1.29 is 22.7 Å². The summed E-state index contributed by atoms with van der Waals surface area (Å²) in [5.74, 6) is -0.824. The summed E-state index contributed by atoms with van der Waals surface area (Å²) in [6, 6.07) is 8.54. The van der Waals surface area contributed by atoms with E-state index in [0.717, 1.165) is 9.87 Å². The van der Waals surface area contributed by atoms with Gasteiger partial charge in [-0.15, -0.1) is 0 Å². The Labute approximate surface area is 160 Å². The number of hydrogen-bond donors (Lipinski definition) is 1. The van der Waals surface area contributed by atoms with E-state index < -0.39 is 28.1 Å². The van der Waals surface area contributed by atoms with E-state index in [4.69, 9.17) is 4.74 Å². The molecule has 1 aliphatic heterocycles. The van der Waals surface area contributed by atoms with Gasteiger partial charge in [0.05, 0.1) is 11.8 Å². The normalized spacial score (nSPS) is 21.0. The summed E-state index contributed by atoms with van der Waals surface area (Å²) < 4.78 is 30.4. The molecule has 27 heavy (non-hydrogen) atoms. The van der Waals surface area contributed by atoms with Crippen LogP contribution >= 0.6 is 0 Å². The summed E-state index contributed by atoms with van der Waals surface area (Å²) in [5, 5.41) is 2.63. The molecule has 0 aromatic heterocycles. The molecule has 1 aromatic carbocycles. The maximum absolute atomic E-state index is 12.7. The van der Waals surface area contributed by atoms with Crippen LogP contribution < -0.4 is 5.32 Å². The van der Waals surface area contributed by atoms with Gasteiger partial charge in [0.2, 0.25) is 15.9 Å². The zero-order valence-electron chi connectivity index (χ0n) is 16.1. The smallest absolute Gasteiger partial charge is 0.251 e. The van der Waals surface area contributed by atoms with Gasteiger partial charge >= 0.3 is 0 Å². The molecule has 0 spiro atoms. The summed E-state index contributed by atoms with van der Waals surface area (Å²) in [6.45, 7) is 3.56. The van der Waals surface area contributed by atoms with Gasteiger partial charge in [-0.1, -0.05) is 30.3 Å². The third kappa shape index (κ3) is 5.06. The van der Waals surface area contributed by atoms with Crippen molar-refractivity contribution in [3.63, 3.8) is 0 Å². The maximum Gasteiger partial charge on any atom is 0.251 e. The molecule has 150 valence electrons. The van der Waals surface area contributed by atoms with Crippen molar-refractivity contribution in [2.24, 2.45) is 0 Å². The van der Waals surface area contributed by atoms with Crippen LogP contribution in [0.25, 0.3) is 0 Å². The van der Waals surface area contributed by atoms with Crippen LogP contribution in [0.3, 0.4) is 0 Å². The Bertz CT molecular complexity index is 764. The average molecular weight is 397 g/mol. The lowest BCUT2D eigenvalue weighted by Crippen LogP contribution is -2.56. The zero-order chi connectivity index (χ0) is 20.2. The van der Waals surface area contributed by atoms with Crippen LogP contribution in [-0.2, 0) is 24.3 Å². The summed E-state index contributed by atoms with van der Waals surface area (Å²) in [5.41, 5.74) is 0.792. The number of carbonyl (C=O) groups excluding carboxylic acids is 2. The highest BCUT2D eigenvalue weighted by molar-refractivity contribution is 7.89. The molecule has 0 radical (unpaired) electrons. The highest BCUT2D eigenvalue weighted by Gasteiger charge is 2.42. The van der Waals surface area contributed by atoms with E-state index in [1.54, 1.807) is 4.90 Å². The molecule has 9 heteroatoms. The lowest BCUT2D eigenvalue weighted by Gasteiger charge is -2.42. The molecule has 1 heterocycles. The van der Waals surface area contributed by atoms with Gasteiger partial charge in [0.25, 0.3) is 5.91 Å². The number of nitrogens with zero attached hydrogens (tertiary/aromatic N) is 2. The molecule has 2 rings (SSSR count). The fourth-order valence-electron chi connectivity index (χ4n) is 3.03. The minimum atomic E-state index is -3.41. The zero-order valence-corrected chi connectivity index (χ0v) is 16.9. The number of sulfonamides is 1. The summed E-state index contributed by atoms with van der Waals surface area (Å²) >= 11 is 0. The molecule has 2 atom stereocenters. The minimum Gasteiger partial charge on any atom is -0.356 e. The number of amides is 2. The Morgan fingerprint density at radius 2 is 1.93 bits per heavy atom. The Morgan fingerprint density at radius 3 is 2.48 bits per heavy atom. The quantitative estimate of drug-likeness (QED) is 0.717. The van der Waals surface area contributed by atoms with E-state index in [9.17, 15) is 18.0 Å². The number of morpholine rings is 1. The lowest BCUT2D eigenvalue weighted by molar-refractivity contribution is -0.167. The molecule has 1 fully saturated rings. The van der Waals surface area contributed by atoms with Crippen LogP contribution in [0, 0.1) is 0 Å². The molecular formula is C18H27N3O5S. The molecule has 1 N–H and O–H groups in total. The third-order valence-electron chi connectivity index (χ3n) is 4.43. The van der Waals surface area contributed by atoms with Crippen LogP contribution in [0.15, 0.2) is 30.3 Å². The number of ether oxygens (including phenoxy) is 1. The number of hydrogen-bond acceptors (Lipinski definition) is 5. The Morgan fingerprint density at radius 1 is 1.30 bits per heavy atom.